The first-order chi connectivity index (χ1) is 5.86. The van der Waals surface area contributed by atoms with Gasteiger partial charge in [0.1, 0.15) is 5.82 Å². The average Bonchev–Trinajstić information content (AvgIpc) is 2.64. The lowest BCUT2D eigenvalue weighted by Crippen LogP contribution is -2.00. The summed E-state index contributed by atoms with van der Waals surface area (Å²) in [7, 11) is 0. The Morgan fingerprint density at radius 3 is 2.83 bits per heavy atom. The van der Waals surface area contributed by atoms with Crippen LogP contribution in [-0.4, -0.2) is 0 Å². The fourth-order valence-electron chi connectivity index (χ4n) is 2.87. The molecule has 0 spiro atoms. The molecule has 2 aliphatic rings. The minimum atomic E-state index is 0.0275. The smallest absolute Gasteiger partial charge is 0.126 e. The van der Waals surface area contributed by atoms with Gasteiger partial charge in [0.15, 0.2) is 0 Å². The van der Waals surface area contributed by atoms with Crippen LogP contribution >= 0.6 is 0 Å². The summed E-state index contributed by atoms with van der Waals surface area (Å²) >= 11 is 0. The van der Waals surface area contributed by atoms with Crippen molar-refractivity contribution in [3.63, 3.8) is 0 Å². The second-order valence-corrected chi connectivity index (χ2v) is 3.95. The van der Waals surface area contributed by atoms with E-state index in [2.05, 4.69) is 6.07 Å². The molecule has 1 aromatic carbocycles. The van der Waals surface area contributed by atoms with Gasteiger partial charge in [0.25, 0.3) is 0 Å². The molecule has 1 heteroatoms. The zero-order valence-electron chi connectivity index (χ0n) is 6.89. The Kier molecular flexibility index (Phi) is 1.16. The van der Waals surface area contributed by atoms with Gasteiger partial charge in [-0.1, -0.05) is 12.1 Å². The highest BCUT2D eigenvalue weighted by Crippen LogP contribution is 2.53. The Morgan fingerprint density at radius 1 is 1.17 bits per heavy atom. The van der Waals surface area contributed by atoms with Crippen LogP contribution in [-0.2, 0) is 0 Å². The minimum absolute atomic E-state index is 0.0275. The lowest BCUT2D eigenvalue weighted by molar-refractivity contribution is 0.582. The van der Waals surface area contributed by atoms with E-state index in [1.165, 1.54) is 24.8 Å². The fraction of sp³-hybridized carbons (Fsp3) is 0.455. The zero-order chi connectivity index (χ0) is 8.13. The summed E-state index contributed by atoms with van der Waals surface area (Å²) in [6.07, 6.45) is 3.69. The van der Waals surface area contributed by atoms with Crippen molar-refractivity contribution in [2.45, 2.75) is 31.1 Å². The van der Waals surface area contributed by atoms with E-state index < -0.39 is 0 Å². The van der Waals surface area contributed by atoms with E-state index in [-0.39, 0.29) is 5.82 Å². The molecule has 0 amide bonds. The summed E-state index contributed by atoms with van der Waals surface area (Å²) in [5.41, 5.74) is 2.33. The molecule has 2 atom stereocenters. The van der Waals surface area contributed by atoms with Gasteiger partial charge in [-0.3, -0.25) is 0 Å². The Hall–Kier alpha value is -0.850. The Bertz CT molecular complexity index is 330. The first-order valence-corrected chi connectivity index (χ1v) is 4.64. The Morgan fingerprint density at radius 2 is 2.00 bits per heavy atom. The standard InChI is InChI=1S/C11H11F/c12-10-3-1-2-9-7-4-5-8(6-7)11(9)10/h1-3,7-8H,4-6H2. The molecule has 0 nitrogen and oxygen atoms in total. The predicted octanol–water partition coefficient (Wildman–Crippen LogP) is 3.19. The summed E-state index contributed by atoms with van der Waals surface area (Å²) in [5, 5.41) is 0. The summed E-state index contributed by atoms with van der Waals surface area (Å²) in [4.78, 5) is 0. The van der Waals surface area contributed by atoms with Crippen LogP contribution < -0.4 is 0 Å². The minimum Gasteiger partial charge on any atom is -0.207 e. The van der Waals surface area contributed by atoms with Gasteiger partial charge >= 0.3 is 0 Å². The molecule has 62 valence electrons. The van der Waals surface area contributed by atoms with Crippen molar-refractivity contribution in [2.75, 3.05) is 0 Å². The maximum Gasteiger partial charge on any atom is 0.126 e. The Labute approximate surface area is 71.4 Å². The highest BCUT2D eigenvalue weighted by molar-refractivity contribution is 5.41. The van der Waals surface area contributed by atoms with E-state index in [9.17, 15) is 4.39 Å². The third kappa shape index (κ3) is 0.669. The van der Waals surface area contributed by atoms with Gasteiger partial charge in [-0.2, -0.15) is 0 Å². The van der Waals surface area contributed by atoms with E-state index >= 15 is 0 Å². The van der Waals surface area contributed by atoms with E-state index in [0.717, 1.165) is 5.56 Å². The first-order valence-electron chi connectivity index (χ1n) is 4.64. The van der Waals surface area contributed by atoms with Gasteiger partial charge in [-0.25, -0.2) is 4.39 Å². The summed E-state index contributed by atoms with van der Waals surface area (Å²) in [5.74, 6) is 1.26. The number of hydrogen-bond acceptors (Lipinski definition) is 0. The van der Waals surface area contributed by atoms with Gasteiger partial charge < -0.3 is 0 Å². The van der Waals surface area contributed by atoms with Gasteiger partial charge in [-0.05, 0) is 48.3 Å². The highest BCUT2D eigenvalue weighted by Gasteiger charge is 2.38. The van der Waals surface area contributed by atoms with Crippen LogP contribution in [0, 0.1) is 5.82 Å². The summed E-state index contributed by atoms with van der Waals surface area (Å²) < 4.78 is 13.3. The molecule has 0 saturated heterocycles. The largest absolute Gasteiger partial charge is 0.207 e. The molecule has 0 heterocycles. The highest BCUT2D eigenvalue weighted by atomic mass is 19.1. The van der Waals surface area contributed by atoms with E-state index in [0.29, 0.717) is 11.8 Å². The average molecular weight is 162 g/mol. The predicted molar refractivity (Wildman–Crippen MR) is 45.7 cm³/mol. The van der Waals surface area contributed by atoms with Crippen molar-refractivity contribution in [3.05, 3.63) is 35.1 Å². The zero-order valence-corrected chi connectivity index (χ0v) is 6.89. The van der Waals surface area contributed by atoms with Gasteiger partial charge in [0, 0.05) is 0 Å². The first kappa shape index (κ1) is 6.64. The molecule has 1 fully saturated rings. The van der Waals surface area contributed by atoms with E-state index in [1.54, 1.807) is 6.07 Å². The maximum atomic E-state index is 13.3. The molecular formula is C11H11F. The molecule has 2 bridgehead atoms. The quantitative estimate of drug-likeness (QED) is 0.549. The number of hydrogen-bond donors (Lipinski definition) is 0. The number of benzene rings is 1. The fourth-order valence-corrected chi connectivity index (χ4v) is 2.87. The maximum absolute atomic E-state index is 13.3. The Balaban J connectivity index is 2.26. The van der Waals surface area contributed by atoms with Crippen molar-refractivity contribution in [1.29, 1.82) is 0 Å². The molecule has 1 saturated carbocycles. The second kappa shape index (κ2) is 2.09. The monoisotopic (exact) mass is 162 g/mol. The van der Waals surface area contributed by atoms with Gasteiger partial charge in [-0.15, -0.1) is 0 Å². The SMILES string of the molecule is Fc1cccc2c1C1CCC2C1. The van der Waals surface area contributed by atoms with Crippen molar-refractivity contribution in [2.24, 2.45) is 0 Å². The van der Waals surface area contributed by atoms with E-state index in [1.807, 2.05) is 6.07 Å². The van der Waals surface area contributed by atoms with Crippen molar-refractivity contribution < 1.29 is 4.39 Å². The van der Waals surface area contributed by atoms with Crippen LogP contribution in [0.5, 0.6) is 0 Å². The normalized spacial score (nSPS) is 30.8. The van der Waals surface area contributed by atoms with Crippen molar-refractivity contribution >= 4 is 0 Å². The lowest BCUT2D eigenvalue weighted by atomic mass is 9.91. The molecule has 12 heavy (non-hydrogen) atoms. The van der Waals surface area contributed by atoms with Crippen LogP contribution in [0.4, 0.5) is 4.39 Å². The molecule has 3 rings (SSSR count). The third-order valence-electron chi connectivity index (χ3n) is 3.37. The lowest BCUT2D eigenvalue weighted by Gasteiger charge is -2.14. The third-order valence-corrected chi connectivity index (χ3v) is 3.37. The molecule has 0 radical (unpaired) electrons. The van der Waals surface area contributed by atoms with Gasteiger partial charge in [0.2, 0.25) is 0 Å². The van der Waals surface area contributed by atoms with Crippen molar-refractivity contribution in [3.8, 4) is 0 Å². The molecule has 2 aliphatic carbocycles. The van der Waals surface area contributed by atoms with Crippen LogP contribution in [0.25, 0.3) is 0 Å². The number of fused-ring (bicyclic) bond motifs is 5. The van der Waals surface area contributed by atoms with E-state index in [4.69, 9.17) is 0 Å². The second-order valence-electron chi connectivity index (χ2n) is 3.95. The molecule has 0 aromatic heterocycles. The molecule has 0 N–H and O–H groups in total. The van der Waals surface area contributed by atoms with Crippen LogP contribution in [0.15, 0.2) is 18.2 Å². The van der Waals surface area contributed by atoms with Crippen molar-refractivity contribution in [1.82, 2.24) is 0 Å². The topological polar surface area (TPSA) is 0 Å². The van der Waals surface area contributed by atoms with Crippen LogP contribution in [0.2, 0.25) is 0 Å². The van der Waals surface area contributed by atoms with Crippen LogP contribution in [0.3, 0.4) is 0 Å². The molecular weight excluding hydrogens is 151 g/mol. The molecule has 0 aliphatic heterocycles. The number of halogens is 1. The van der Waals surface area contributed by atoms with Crippen LogP contribution in [0.1, 0.15) is 42.2 Å². The summed E-state index contributed by atoms with van der Waals surface area (Å²) in [6, 6.07) is 5.54. The van der Waals surface area contributed by atoms with Gasteiger partial charge in [0.05, 0.1) is 0 Å². The molecule has 1 aromatic rings. The number of rotatable bonds is 0. The molecule has 2 unspecified atom stereocenters. The summed E-state index contributed by atoms with van der Waals surface area (Å²) in [6.45, 7) is 0.